The molecule has 0 aliphatic rings. The van der Waals surface area contributed by atoms with Gasteiger partial charge in [-0.2, -0.15) is 0 Å². The second-order valence-corrected chi connectivity index (χ2v) is 27.5. The quantitative estimate of drug-likeness (QED) is 0.124. The zero-order valence-electron chi connectivity index (χ0n) is 47.6. The van der Waals surface area contributed by atoms with Crippen LogP contribution in [0.15, 0.2) is 176 Å². The molecule has 0 aliphatic carbocycles. The number of aromatic nitrogens is 3. The third-order valence-electron chi connectivity index (χ3n) is 18.5. The average molecular weight is 1020 g/mol. The van der Waals surface area contributed by atoms with Gasteiger partial charge in [0.25, 0.3) is 0 Å². The van der Waals surface area contributed by atoms with Crippen molar-refractivity contribution in [2.45, 2.75) is 105 Å². The van der Waals surface area contributed by atoms with Crippen molar-refractivity contribution in [3.05, 3.63) is 198 Å². The lowest BCUT2D eigenvalue weighted by atomic mass is 9.82. The number of hydrogen-bond acceptors (Lipinski definition) is 0. The Morgan fingerprint density at radius 2 is 0.506 bits per heavy atom. The molecule has 0 N–H and O–H groups in total. The van der Waals surface area contributed by atoms with Gasteiger partial charge in [0.05, 0.1) is 38.8 Å². The van der Waals surface area contributed by atoms with Crippen molar-refractivity contribution < 1.29 is 0 Å². The van der Waals surface area contributed by atoms with E-state index in [9.17, 15) is 0 Å². The van der Waals surface area contributed by atoms with Crippen molar-refractivity contribution >= 4 is 130 Å². The summed E-state index contributed by atoms with van der Waals surface area (Å²) in [6.07, 6.45) is 0. The topological polar surface area (TPSA) is 14.8 Å². The van der Waals surface area contributed by atoms with E-state index in [0.29, 0.717) is 0 Å². The molecule has 0 bridgehead atoms. The fraction of sp³-hybridized carbons (Fsp3) is 0.211. The van der Waals surface area contributed by atoms with Gasteiger partial charge in [0, 0.05) is 54.5 Å². The molecule has 3 heterocycles. The van der Waals surface area contributed by atoms with Gasteiger partial charge in [-0.25, -0.2) is 0 Å². The van der Waals surface area contributed by atoms with Crippen LogP contribution in [0.2, 0.25) is 0 Å². The second kappa shape index (κ2) is 15.2. The Balaban J connectivity index is 1.04. The van der Waals surface area contributed by atoms with E-state index in [1.54, 1.807) is 0 Å². The first-order valence-electron chi connectivity index (χ1n) is 28.6. The van der Waals surface area contributed by atoms with Gasteiger partial charge >= 0.3 is 0 Å². The number of rotatable bonds is 3. The molecule has 0 radical (unpaired) electrons. The summed E-state index contributed by atoms with van der Waals surface area (Å²) in [7, 11) is 0. The molecule has 13 aromatic carbocycles. The van der Waals surface area contributed by atoms with Crippen LogP contribution in [0.25, 0.3) is 147 Å². The zero-order valence-corrected chi connectivity index (χ0v) is 47.6. The Bertz CT molecular complexity index is 4860. The van der Waals surface area contributed by atoms with Crippen LogP contribution in [-0.4, -0.2) is 13.7 Å². The van der Waals surface area contributed by atoms with E-state index < -0.39 is 0 Å². The Hall–Kier alpha value is -8.40. The van der Waals surface area contributed by atoms with E-state index in [0.717, 1.165) is 11.4 Å². The lowest BCUT2D eigenvalue weighted by molar-refractivity contribution is 0.590. The van der Waals surface area contributed by atoms with E-state index in [4.69, 9.17) is 0 Å². The fourth-order valence-electron chi connectivity index (χ4n) is 14.2. The minimum absolute atomic E-state index is 0.00743. The predicted octanol–water partition coefficient (Wildman–Crippen LogP) is 21.4. The first-order chi connectivity index (χ1) is 37.7. The van der Waals surface area contributed by atoms with Crippen molar-refractivity contribution in [1.29, 1.82) is 0 Å². The number of hydrogen-bond donors (Lipinski definition) is 0. The van der Waals surface area contributed by atoms with Crippen LogP contribution < -0.4 is 0 Å². The molecular weight excluding hydrogens is 955 g/mol. The number of fused-ring (bicyclic) bond motifs is 9. The van der Waals surface area contributed by atoms with Crippen molar-refractivity contribution in [3.8, 4) is 17.1 Å². The Morgan fingerprint density at radius 1 is 0.215 bits per heavy atom. The molecular formula is C76H65N3. The highest BCUT2D eigenvalue weighted by molar-refractivity contribution is 6.45. The van der Waals surface area contributed by atoms with Crippen LogP contribution >= 0.6 is 0 Å². The number of benzene rings is 13. The third kappa shape index (κ3) is 6.42. The van der Waals surface area contributed by atoms with E-state index in [1.165, 1.54) is 158 Å². The molecule has 0 fully saturated rings. The van der Waals surface area contributed by atoms with Crippen LogP contribution in [0.5, 0.6) is 0 Å². The van der Waals surface area contributed by atoms with Crippen molar-refractivity contribution in [3.63, 3.8) is 0 Å². The van der Waals surface area contributed by atoms with Crippen molar-refractivity contribution in [1.82, 2.24) is 13.7 Å². The highest BCUT2D eigenvalue weighted by atomic mass is 15.0. The minimum atomic E-state index is 0.00743. The van der Waals surface area contributed by atoms with Crippen LogP contribution in [0.1, 0.15) is 105 Å². The Morgan fingerprint density at radius 3 is 0.848 bits per heavy atom. The molecule has 16 aromatic rings. The van der Waals surface area contributed by atoms with Crippen LogP contribution in [-0.2, 0) is 21.7 Å². The molecule has 0 aliphatic heterocycles. The summed E-state index contributed by atoms with van der Waals surface area (Å²) >= 11 is 0. The standard InChI is InChI=1S/C76H65N3/c1-73(2,3)47-22-31-60-56(36-47)57-37-48(74(4,5)6)23-32-61(57)77(60)51-26-29-53-54-30-27-52(78-62-33-24-49(75(7,8)9)38-58(62)59-39-50(76(10,11)12)25-34-63(59)78)41-66(54)79(65(53)40-51)64-35-46-20-19-44-16-14-42-13-15-43-17-18-45-21-28-55(64)72-70(45)68(43)67(42)69(44)71(46)72/h13-41H,1-12H3. The van der Waals surface area contributed by atoms with Crippen LogP contribution in [0.4, 0.5) is 0 Å². The maximum atomic E-state index is 2.64. The van der Waals surface area contributed by atoms with E-state index >= 15 is 0 Å². The van der Waals surface area contributed by atoms with E-state index in [2.05, 4.69) is 273 Å². The van der Waals surface area contributed by atoms with Crippen LogP contribution in [0, 0.1) is 0 Å². The minimum Gasteiger partial charge on any atom is -0.309 e. The zero-order chi connectivity index (χ0) is 54.1. The Labute approximate surface area is 461 Å². The van der Waals surface area contributed by atoms with Gasteiger partial charge < -0.3 is 13.7 Å². The lowest BCUT2D eigenvalue weighted by Gasteiger charge is -2.23. The molecule has 79 heavy (non-hydrogen) atoms. The van der Waals surface area contributed by atoms with Crippen molar-refractivity contribution in [2.24, 2.45) is 0 Å². The van der Waals surface area contributed by atoms with Gasteiger partial charge in [-0.05, 0) is 177 Å². The molecule has 3 heteroatoms. The monoisotopic (exact) mass is 1020 g/mol. The van der Waals surface area contributed by atoms with Gasteiger partial charge in [0.15, 0.2) is 0 Å². The molecule has 0 spiro atoms. The summed E-state index contributed by atoms with van der Waals surface area (Å²) < 4.78 is 7.69. The largest absolute Gasteiger partial charge is 0.309 e. The molecule has 0 saturated heterocycles. The van der Waals surface area contributed by atoms with Gasteiger partial charge in [-0.15, -0.1) is 0 Å². The summed E-state index contributed by atoms with van der Waals surface area (Å²) in [4.78, 5) is 0. The third-order valence-corrected chi connectivity index (χ3v) is 18.5. The lowest BCUT2D eigenvalue weighted by Crippen LogP contribution is -2.10. The summed E-state index contributed by atoms with van der Waals surface area (Å²) in [5, 5.41) is 23.6. The molecule has 0 saturated carbocycles. The molecule has 16 rings (SSSR count). The SMILES string of the molecule is CC(C)(C)c1ccc2c(c1)c1cc(C(C)(C)C)ccc1n2-c1ccc2c3ccc(-n4c5ccc(C(C)(C)C)cc5c5cc(C(C)(C)C)ccc54)cc3n(-c3cc4ccc5ccc6ccc7ccc8ccc3c3c8c7c6c5c43)c2c1. The van der Waals surface area contributed by atoms with Gasteiger partial charge in [0.1, 0.15) is 0 Å². The van der Waals surface area contributed by atoms with E-state index in [-0.39, 0.29) is 21.7 Å². The summed E-state index contributed by atoms with van der Waals surface area (Å²) in [6.45, 7) is 27.9. The van der Waals surface area contributed by atoms with E-state index in [1.807, 2.05) is 0 Å². The maximum absolute atomic E-state index is 2.64. The van der Waals surface area contributed by atoms with Crippen LogP contribution in [0.3, 0.4) is 0 Å². The summed E-state index contributed by atoms with van der Waals surface area (Å²) in [5.41, 5.74) is 16.2. The second-order valence-electron chi connectivity index (χ2n) is 27.5. The smallest absolute Gasteiger partial charge is 0.0562 e. The maximum Gasteiger partial charge on any atom is 0.0562 e. The average Bonchev–Trinajstić information content (AvgIpc) is 3.41. The first kappa shape index (κ1) is 46.7. The molecule has 3 aromatic heterocycles. The molecule has 3 nitrogen and oxygen atoms in total. The molecule has 0 amide bonds. The van der Waals surface area contributed by atoms with Crippen molar-refractivity contribution in [2.75, 3.05) is 0 Å². The predicted molar refractivity (Wildman–Crippen MR) is 343 cm³/mol. The molecule has 0 unspecified atom stereocenters. The summed E-state index contributed by atoms with van der Waals surface area (Å²) in [5.74, 6) is 0. The highest BCUT2D eigenvalue weighted by Crippen LogP contribution is 2.51. The van der Waals surface area contributed by atoms with Gasteiger partial charge in [-0.3, -0.25) is 0 Å². The molecule has 0 atom stereocenters. The van der Waals surface area contributed by atoms with Gasteiger partial charge in [-0.1, -0.05) is 180 Å². The highest BCUT2D eigenvalue weighted by Gasteiger charge is 2.28. The number of nitrogens with zero attached hydrogens (tertiary/aromatic N) is 3. The normalized spacial score (nSPS) is 13.6. The Kier molecular flexibility index (Phi) is 9.00. The summed E-state index contributed by atoms with van der Waals surface area (Å²) in [6, 6.07) is 69.3. The first-order valence-corrected chi connectivity index (χ1v) is 28.6. The molecule has 384 valence electrons. The fourth-order valence-corrected chi connectivity index (χ4v) is 14.2. The van der Waals surface area contributed by atoms with Gasteiger partial charge in [0.2, 0.25) is 0 Å².